The normalized spacial score (nSPS) is 16.4. The summed E-state index contributed by atoms with van der Waals surface area (Å²) in [6.07, 6.45) is 3.35. The monoisotopic (exact) mass is 264 g/mol. The zero-order valence-corrected chi connectivity index (χ0v) is 11.3. The van der Waals surface area contributed by atoms with Crippen LogP contribution in [0.4, 0.5) is 0 Å². The van der Waals surface area contributed by atoms with Crippen molar-refractivity contribution in [2.75, 3.05) is 6.54 Å². The van der Waals surface area contributed by atoms with E-state index in [-0.39, 0.29) is 36.0 Å². The Labute approximate surface area is 112 Å². The summed E-state index contributed by atoms with van der Waals surface area (Å²) in [7, 11) is 0. The number of rotatable bonds is 6. The van der Waals surface area contributed by atoms with E-state index in [9.17, 15) is 9.59 Å². The van der Waals surface area contributed by atoms with Gasteiger partial charge in [-0.15, -0.1) is 0 Å². The topological polar surface area (TPSA) is 76.5 Å². The molecule has 0 aromatic carbocycles. The smallest absolute Gasteiger partial charge is 0.240 e. The van der Waals surface area contributed by atoms with Crippen molar-refractivity contribution in [1.82, 2.24) is 4.90 Å². The maximum Gasteiger partial charge on any atom is 0.240 e. The van der Waals surface area contributed by atoms with Crippen molar-refractivity contribution in [3.63, 3.8) is 0 Å². The van der Waals surface area contributed by atoms with Gasteiger partial charge in [0, 0.05) is 6.04 Å². The van der Waals surface area contributed by atoms with Gasteiger partial charge in [-0.05, 0) is 30.9 Å². The molecule has 1 fully saturated rings. The lowest BCUT2D eigenvalue weighted by Crippen LogP contribution is -2.49. The van der Waals surface area contributed by atoms with Crippen molar-refractivity contribution in [2.45, 2.75) is 38.8 Å². The van der Waals surface area contributed by atoms with Crippen LogP contribution in [-0.2, 0) is 4.79 Å². The summed E-state index contributed by atoms with van der Waals surface area (Å²) in [6.45, 7) is 3.86. The zero-order chi connectivity index (χ0) is 14.0. The zero-order valence-electron chi connectivity index (χ0n) is 11.3. The first kappa shape index (κ1) is 13.8. The predicted octanol–water partition coefficient (Wildman–Crippen LogP) is 1.44. The number of amides is 1. The second-order valence-electron chi connectivity index (χ2n) is 5.37. The van der Waals surface area contributed by atoms with E-state index in [0.717, 1.165) is 12.8 Å². The second-order valence-corrected chi connectivity index (χ2v) is 5.37. The first-order chi connectivity index (χ1) is 9.00. The van der Waals surface area contributed by atoms with Crippen molar-refractivity contribution in [2.24, 2.45) is 11.7 Å². The van der Waals surface area contributed by atoms with Crippen LogP contribution < -0.4 is 5.73 Å². The minimum Gasteiger partial charge on any atom is -0.461 e. The maximum absolute atomic E-state index is 12.3. The van der Waals surface area contributed by atoms with E-state index in [1.54, 1.807) is 17.0 Å². The van der Waals surface area contributed by atoms with Gasteiger partial charge in [-0.1, -0.05) is 13.8 Å². The molecular formula is C14H20N2O3. The second kappa shape index (κ2) is 5.57. The Kier molecular flexibility index (Phi) is 4.04. The molecule has 104 valence electrons. The minimum atomic E-state index is -0.551. The van der Waals surface area contributed by atoms with Crippen LogP contribution in [0.25, 0.3) is 0 Å². The molecule has 1 aromatic rings. The fourth-order valence-electron chi connectivity index (χ4n) is 1.92. The molecule has 1 amide bonds. The summed E-state index contributed by atoms with van der Waals surface area (Å²) in [6, 6.07) is 2.89. The third-order valence-electron chi connectivity index (χ3n) is 3.38. The molecule has 0 unspecified atom stereocenters. The molecule has 1 aliphatic rings. The number of nitrogens with two attached hydrogens (primary N) is 1. The SMILES string of the molecule is CC(C)[C@H](N)C(=O)N(CC(=O)c1ccco1)C1CC1. The van der Waals surface area contributed by atoms with Gasteiger partial charge in [0.1, 0.15) is 0 Å². The number of Topliss-reactive ketones (excluding diaryl/α,β-unsaturated/α-hetero) is 1. The fraction of sp³-hybridized carbons (Fsp3) is 0.571. The first-order valence-electron chi connectivity index (χ1n) is 6.63. The highest BCUT2D eigenvalue weighted by Gasteiger charge is 2.37. The van der Waals surface area contributed by atoms with Gasteiger partial charge in [0.15, 0.2) is 5.76 Å². The molecule has 1 aliphatic carbocycles. The van der Waals surface area contributed by atoms with Gasteiger partial charge < -0.3 is 15.1 Å². The van der Waals surface area contributed by atoms with Gasteiger partial charge in [-0.2, -0.15) is 0 Å². The Balaban J connectivity index is 2.04. The number of carbonyl (C=O) groups is 2. The van der Waals surface area contributed by atoms with E-state index in [1.807, 2.05) is 13.8 Å². The highest BCUT2D eigenvalue weighted by atomic mass is 16.3. The molecule has 5 nitrogen and oxygen atoms in total. The lowest BCUT2D eigenvalue weighted by molar-refractivity contribution is -0.133. The van der Waals surface area contributed by atoms with Crippen LogP contribution in [0.1, 0.15) is 37.2 Å². The number of carbonyl (C=O) groups excluding carboxylic acids is 2. The molecule has 0 aliphatic heterocycles. The van der Waals surface area contributed by atoms with Crippen LogP contribution in [-0.4, -0.2) is 35.2 Å². The summed E-state index contributed by atoms with van der Waals surface area (Å²) >= 11 is 0. The Bertz CT molecular complexity index is 449. The largest absolute Gasteiger partial charge is 0.461 e. The maximum atomic E-state index is 12.3. The molecule has 1 atom stereocenters. The Hall–Kier alpha value is -1.62. The molecule has 5 heteroatoms. The third-order valence-corrected chi connectivity index (χ3v) is 3.38. The highest BCUT2D eigenvalue weighted by Crippen LogP contribution is 2.28. The summed E-state index contributed by atoms with van der Waals surface area (Å²) in [5.74, 6) is 0.0302. The molecule has 19 heavy (non-hydrogen) atoms. The molecule has 0 bridgehead atoms. The van der Waals surface area contributed by atoms with Gasteiger partial charge >= 0.3 is 0 Å². The molecule has 2 rings (SSSR count). The van der Waals surface area contributed by atoms with E-state index in [2.05, 4.69) is 0 Å². The van der Waals surface area contributed by atoms with Crippen molar-refractivity contribution in [3.8, 4) is 0 Å². The lowest BCUT2D eigenvalue weighted by Gasteiger charge is -2.26. The van der Waals surface area contributed by atoms with Gasteiger partial charge in [0.05, 0.1) is 18.8 Å². The van der Waals surface area contributed by atoms with Gasteiger partial charge in [-0.25, -0.2) is 0 Å². The number of nitrogens with zero attached hydrogens (tertiary/aromatic N) is 1. The van der Waals surface area contributed by atoms with Crippen LogP contribution in [0.3, 0.4) is 0 Å². The first-order valence-corrected chi connectivity index (χ1v) is 6.63. The van der Waals surface area contributed by atoms with Gasteiger partial charge in [0.25, 0.3) is 0 Å². The van der Waals surface area contributed by atoms with Gasteiger partial charge in [-0.3, -0.25) is 9.59 Å². The number of hydrogen-bond donors (Lipinski definition) is 1. The quantitative estimate of drug-likeness (QED) is 0.789. The molecule has 1 heterocycles. The van der Waals surface area contributed by atoms with E-state index in [4.69, 9.17) is 10.2 Å². The van der Waals surface area contributed by atoms with Crippen LogP contribution in [0.5, 0.6) is 0 Å². The standard InChI is InChI=1S/C14H20N2O3/c1-9(2)13(15)14(18)16(10-5-6-10)8-11(17)12-4-3-7-19-12/h3-4,7,9-10,13H,5-6,8,15H2,1-2H3/t13-/m0/s1. The Morgan fingerprint density at radius 1 is 1.47 bits per heavy atom. The lowest BCUT2D eigenvalue weighted by atomic mass is 10.0. The number of hydrogen-bond acceptors (Lipinski definition) is 4. The molecule has 0 saturated heterocycles. The summed E-state index contributed by atoms with van der Waals surface area (Å²) in [4.78, 5) is 25.9. The Morgan fingerprint density at radius 2 is 2.16 bits per heavy atom. The van der Waals surface area contributed by atoms with E-state index in [1.165, 1.54) is 6.26 Å². The van der Waals surface area contributed by atoms with E-state index < -0.39 is 6.04 Å². The molecule has 2 N–H and O–H groups in total. The van der Waals surface area contributed by atoms with E-state index in [0.29, 0.717) is 0 Å². The summed E-state index contributed by atoms with van der Waals surface area (Å²) < 4.78 is 5.07. The van der Waals surface area contributed by atoms with Crippen LogP contribution in [0, 0.1) is 5.92 Å². The third kappa shape index (κ3) is 3.23. The van der Waals surface area contributed by atoms with Crippen molar-refractivity contribution >= 4 is 11.7 Å². The number of furan rings is 1. The van der Waals surface area contributed by atoms with Crippen molar-refractivity contribution in [3.05, 3.63) is 24.2 Å². The molecule has 1 aromatic heterocycles. The summed E-state index contributed by atoms with van der Waals surface area (Å²) in [5.41, 5.74) is 5.89. The minimum absolute atomic E-state index is 0.0530. The van der Waals surface area contributed by atoms with Crippen LogP contribution in [0.2, 0.25) is 0 Å². The van der Waals surface area contributed by atoms with Crippen molar-refractivity contribution < 1.29 is 14.0 Å². The molecule has 0 spiro atoms. The average Bonchev–Trinajstić information content (AvgIpc) is 3.07. The predicted molar refractivity (Wildman–Crippen MR) is 70.6 cm³/mol. The molecule has 0 radical (unpaired) electrons. The molecular weight excluding hydrogens is 244 g/mol. The molecule has 1 saturated carbocycles. The Morgan fingerprint density at radius 3 is 2.63 bits per heavy atom. The van der Waals surface area contributed by atoms with E-state index >= 15 is 0 Å². The fourth-order valence-corrected chi connectivity index (χ4v) is 1.92. The van der Waals surface area contributed by atoms with Crippen LogP contribution in [0.15, 0.2) is 22.8 Å². The average molecular weight is 264 g/mol. The highest BCUT2D eigenvalue weighted by molar-refractivity contribution is 5.97. The summed E-state index contributed by atoms with van der Waals surface area (Å²) in [5, 5.41) is 0. The van der Waals surface area contributed by atoms with Crippen molar-refractivity contribution in [1.29, 1.82) is 0 Å². The van der Waals surface area contributed by atoms with Gasteiger partial charge in [0.2, 0.25) is 11.7 Å². The van der Waals surface area contributed by atoms with Crippen LogP contribution >= 0.6 is 0 Å². The number of ketones is 1.